The number of nitrogens with zero attached hydrogens (tertiary/aromatic N) is 1. The van der Waals surface area contributed by atoms with E-state index in [0.717, 1.165) is 0 Å². The molecule has 0 aromatic heterocycles. The van der Waals surface area contributed by atoms with Gasteiger partial charge >= 0.3 is 6.09 Å². The first-order valence-corrected chi connectivity index (χ1v) is 7.71. The molecule has 1 heterocycles. The van der Waals surface area contributed by atoms with Crippen LogP contribution in [0.4, 0.5) is 10.5 Å². The lowest BCUT2D eigenvalue weighted by atomic mass is 10.1. The van der Waals surface area contributed by atoms with Crippen LogP contribution in [0.2, 0.25) is 10.0 Å². The number of halogens is 2. The molecular weight excluding hydrogens is 327 g/mol. The highest BCUT2D eigenvalue weighted by Crippen LogP contribution is 2.23. The number of aliphatic imine (C=N–C) groups is 1. The van der Waals surface area contributed by atoms with E-state index in [1.165, 1.54) is 0 Å². The van der Waals surface area contributed by atoms with Gasteiger partial charge in [-0.3, -0.25) is 5.32 Å². The summed E-state index contributed by atoms with van der Waals surface area (Å²) in [5.74, 6) is 0.451. The Balaban J connectivity index is 2.01. The number of carbonyl (C=O) groups is 1. The molecule has 1 N–H and O–H groups in total. The summed E-state index contributed by atoms with van der Waals surface area (Å²) >= 11 is 11.8. The SMILES string of the molecule is CCC(OC(=O)Nc1cc(Cl)cc(Cl)c1)C1=NC(C)(C)CO1. The summed E-state index contributed by atoms with van der Waals surface area (Å²) in [6, 6.07) is 4.75. The average molecular weight is 345 g/mol. The third-order valence-corrected chi connectivity index (χ3v) is 3.43. The summed E-state index contributed by atoms with van der Waals surface area (Å²) in [6.45, 7) is 6.29. The predicted octanol–water partition coefficient (Wildman–Crippen LogP) is 4.53. The van der Waals surface area contributed by atoms with Crippen LogP contribution in [0.15, 0.2) is 23.2 Å². The molecule has 120 valence electrons. The highest BCUT2D eigenvalue weighted by atomic mass is 35.5. The molecule has 5 nitrogen and oxygen atoms in total. The van der Waals surface area contributed by atoms with Crippen LogP contribution in [0.3, 0.4) is 0 Å². The number of carbonyl (C=O) groups excluding carboxylic acids is 1. The molecule has 1 atom stereocenters. The Labute approximate surface area is 139 Å². The van der Waals surface area contributed by atoms with E-state index < -0.39 is 12.2 Å². The molecule has 1 unspecified atom stereocenters. The number of amides is 1. The van der Waals surface area contributed by atoms with E-state index in [4.69, 9.17) is 32.7 Å². The number of nitrogens with one attached hydrogen (secondary N) is 1. The average Bonchev–Trinajstić information content (AvgIpc) is 2.75. The van der Waals surface area contributed by atoms with Crippen molar-refractivity contribution < 1.29 is 14.3 Å². The van der Waals surface area contributed by atoms with Gasteiger partial charge in [-0.15, -0.1) is 0 Å². The third-order valence-electron chi connectivity index (χ3n) is 2.99. The Bertz CT molecular complexity index is 582. The van der Waals surface area contributed by atoms with Crippen molar-refractivity contribution in [2.24, 2.45) is 4.99 Å². The van der Waals surface area contributed by atoms with Crippen molar-refractivity contribution in [3.8, 4) is 0 Å². The minimum Gasteiger partial charge on any atom is -0.476 e. The van der Waals surface area contributed by atoms with E-state index >= 15 is 0 Å². The summed E-state index contributed by atoms with van der Waals surface area (Å²) in [5, 5.41) is 3.45. The van der Waals surface area contributed by atoms with Gasteiger partial charge in [-0.05, 0) is 38.5 Å². The van der Waals surface area contributed by atoms with Crippen molar-refractivity contribution in [2.45, 2.75) is 38.8 Å². The molecule has 0 fully saturated rings. The van der Waals surface area contributed by atoms with E-state index in [2.05, 4.69) is 10.3 Å². The van der Waals surface area contributed by atoms with E-state index in [1.54, 1.807) is 18.2 Å². The number of benzene rings is 1. The predicted molar refractivity (Wildman–Crippen MR) is 88.1 cm³/mol. The zero-order chi connectivity index (χ0) is 16.3. The van der Waals surface area contributed by atoms with Gasteiger partial charge in [0.15, 0.2) is 6.10 Å². The van der Waals surface area contributed by atoms with Crippen LogP contribution in [-0.4, -0.2) is 30.2 Å². The summed E-state index contributed by atoms with van der Waals surface area (Å²) in [5.41, 5.74) is 0.176. The lowest BCUT2D eigenvalue weighted by Gasteiger charge is -2.16. The molecule has 22 heavy (non-hydrogen) atoms. The maximum Gasteiger partial charge on any atom is 0.412 e. The van der Waals surface area contributed by atoms with Crippen molar-refractivity contribution >= 4 is 40.9 Å². The van der Waals surface area contributed by atoms with Crippen molar-refractivity contribution in [3.63, 3.8) is 0 Å². The Kier molecular flexibility index (Phi) is 5.19. The van der Waals surface area contributed by atoms with Gasteiger partial charge in [0.05, 0.1) is 5.54 Å². The van der Waals surface area contributed by atoms with Crippen LogP contribution in [0.5, 0.6) is 0 Å². The Hall–Kier alpha value is -1.46. The van der Waals surface area contributed by atoms with Crippen LogP contribution < -0.4 is 5.32 Å². The molecule has 0 saturated heterocycles. The lowest BCUT2D eigenvalue weighted by molar-refractivity contribution is 0.125. The van der Waals surface area contributed by atoms with Gasteiger partial charge in [-0.25, -0.2) is 9.79 Å². The molecule has 0 radical (unpaired) electrons. The molecule has 0 aliphatic carbocycles. The molecular formula is C15H18Cl2N2O3. The topological polar surface area (TPSA) is 59.9 Å². The first-order chi connectivity index (χ1) is 10.3. The standard InChI is InChI=1S/C15H18Cl2N2O3/c1-4-12(13-19-15(2,3)8-21-13)22-14(20)18-11-6-9(16)5-10(17)7-11/h5-7,12H,4,8H2,1-3H3,(H,18,20). The fourth-order valence-electron chi connectivity index (χ4n) is 1.99. The second-order valence-electron chi connectivity index (χ2n) is 5.64. The molecule has 1 aliphatic rings. The molecule has 1 aromatic rings. The first-order valence-electron chi connectivity index (χ1n) is 6.95. The van der Waals surface area contributed by atoms with Crippen molar-refractivity contribution in [1.29, 1.82) is 0 Å². The highest BCUT2D eigenvalue weighted by Gasteiger charge is 2.32. The van der Waals surface area contributed by atoms with Crippen molar-refractivity contribution in [3.05, 3.63) is 28.2 Å². The largest absolute Gasteiger partial charge is 0.476 e. The van der Waals surface area contributed by atoms with Gasteiger partial charge < -0.3 is 9.47 Å². The molecule has 1 amide bonds. The Morgan fingerprint density at radius 3 is 2.55 bits per heavy atom. The molecule has 0 bridgehead atoms. The molecule has 0 saturated carbocycles. The van der Waals surface area contributed by atoms with Gasteiger partial charge in [-0.1, -0.05) is 30.1 Å². The fourth-order valence-corrected chi connectivity index (χ4v) is 2.52. The number of hydrogen-bond donors (Lipinski definition) is 1. The number of hydrogen-bond acceptors (Lipinski definition) is 4. The Morgan fingerprint density at radius 2 is 2.05 bits per heavy atom. The Morgan fingerprint density at radius 1 is 1.41 bits per heavy atom. The van der Waals surface area contributed by atoms with Crippen LogP contribution in [0.1, 0.15) is 27.2 Å². The van der Waals surface area contributed by atoms with Gasteiger partial charge in [0, 0.05) is 15.7 Å². The van der Waals surface area contributed by atoms with Crippen molar-refractivity contribution in [2.75, 3.05) is 11.9 Å². The van der Waals surface area contributed by atoms with Crippen molar-refractivity contribution in [1.82, 2.24) is 0 Å². The number of rotatable bonds is 4. The smallest absolute Gasteiger partial charge is 0.412 e. The maximum atomic E-state index is 12.0. The van der Waals surface area contributed by atoms with E-state index in [0.29, 0.717) is 34.7 Å². The summed E-state index contributed by atoms with van der Waals surface area (Å²) < 4.78 is 10.9. The summed E-state index contributed by atoms with van der Waals surface area (Å²) in [7, 11) is 0. The van der Waals surface area contributed by atoms with Gasteiger partial charge in [0.25, 0.3) is 0 Å². The van der Waals surface area contributed by atoms with E-state index in [1.807, 2.05) is 20.8 Å². The number of anilines is 1. The normalized spacial score (nSPS) is 17.4. The van der Waals surface area contributed by atoms with Crippen LogP contribution >= 0.6 is 23.2 Å². The second kappa shape index (κ2) is 6.75. The quantitative estimate of drug-likeness (QED) is 0.872. The molecule has 1 aromatic carbocycles. The third kappa shape index (κ3) is 4.52. The minimum atomic E-state index is -0.610. The van der Waals surface area contributed by atoms with E-state index in [-0.39, 0.29) is 5.54 Å². The molecule has 0 spiro atoms. The van der Waals surface area contributed by atoms with Gasteiger partial charge in [0.1, 0.15) is 6.61 Å². The summed E-state index contributed by atoms with van der Waals surface area (Å²) in [6.07, 6.45) is -0.559. The van der Waals surface area contributed by atoms with Crippen LogP contribution in [-0.2, 0) is 9.47 Å². The first kappa shape index (κ1) is 16.9. The van der Waals surface area contributed by atoms with Gasteiger partial charge in [0.2, 0.25) is 5.90 Å². The summed E-state index contributed by atoms with van der Waals surface area (Å²) in [4.78, 5) is 16.4. The maximum absolute atomic E-state index is 12.0. The van der Waals surface area contributed by atoms with Crippen LogP contribution in [0, 0.1) is 0 Å². The van der Waals surface area contributed by atoms with E-state index in [9.17, 15) is 4.79 Å². The zero-order valence-electron chi connectivity index (χ0n) is 12.7. The molecule has 7 heteroatoms. The lowest BCUT2D eigenvalue weighted by Crippen LogP contribution is -2.29. The molecule has 2 rings (SSSR count). The zero-order valence-corrected chi connectivity index (χ0v) is 14.2. The monoisotopic (exact) mass is 344 g/mol. The van der Waals surface area contributed by atoms with Crippen LogP contribution in [0.25, 0.3) is 0 Å². The fraction of sp³-hybridized carbons (Fsp3) is 0.467. The van der Waals surface area contributed by atoms with Gasteiger partial charge in [-0.2, -0.15) is 0 Å². The molecule has 1 aliphatic heterocycles. The second-order valence-corrected chi connectivity index (χ2v) is 6.51. The highest BCUT2D eigenvalue weighted by molar-refractivity contribution is 6.35. The minimum absolute atomic E-state index is 0.289. The number of ether oxygens (including phenoxy) is 2.